The second-order valence-corrected chi connectivity index (χ2v) is 9.34. The molecule has 1 heterocycles. The maximum atomic E-state index is 10.4. The van der Waals surface area contributed by atoms with Crippen LogP contribution in [0.5, 0.6) is 0 Å². The van der Waals surface area contributed by atoms with Crippen LogP contribution < -0.4 is 0 Å². The molecule has 118 valence electrons. The zero-order valence-corrected chi connectivity index (χ0v) is 14.7. The van der Waals surface area contributed by atoms with E-state index in [1.54, 1.807) is 11.3 Å². The third kappa shape index (κ3) is 3.19. The lowest BCUT2D eigenvalue weighted by Crippen LogP contribution is -2.24. The van der Waals surface area contributed by atoms with E-state index in [0.29, 0.717) is 5.92 Å². The lowest BCUT2D eigenvalue weighted by atomic mass is 9.77. The summed E-state index contributed by atoms with van der Waals surface area (Å²) in [6.45, 7) is 9.19. The van der Waals surface area contributed by atoms with Crippen molar-refractivity contribution >= 4 is 11.3 Å². The van der Waals surface area contributed by atoms with Crippen LogP contribution in [0.1, 0.15) is 87.4 Å². The molecule has 3 heteroatoms. The first-order chi connectivity index (χ1) is 9.85. The predicted octanol–water partition coefficient (Wildman–Crippen LogP) is 5.08. The van der Waals surface area contributed by atoms with Gasteiger partial charge < -0.3 is 5.11 Å². The zero-order valence-electron chi connectivity index (χ0n) is 13.9. The van der Waals surface area contributed by atoms with Crippen LogP contribution in [0.3, 0.4) is 0 Å². The van der Waals surface area contributed by atoms with E-state index in [0.717, 1.165) is 29.6 Å². The van der Waals surface area contributed by atoms with Crippen LogP contribution in [-0.4, -0.2) is 10.1 Å². The maximum Gasteiger partial charge on any atom is 0.0963 e. The Hall–Kier alpha value is -0.410. The molecule has 1 atom stereocenters. The van der Waals surface area contributed by atoms with E-state index < -0.39 is 0 Å². The van der Waals surface area contributed by atoms with E-state index in [2.05, 4.69) is 27.7 Å². The summed E-state index contributed by atoms with van der Waals surface area (Å²) in [5.41, 5.74) is 1.37. The third-order valence-corrected chi connectivity index (χ3v) is 6.86. The van der Waals surface area contributed by atoms with E-state index in [9.17, 15) is 5.11 Å². The number of thiazole rings is 1. The Balaban J connectivity index is 1.74. The molecule has 0 spiro atoms. The zero-order chi connectivity index (χ0) is 15.2. The van der Waals surface area contributed by atoms with Crippen LogP contribution in [0.25, 0.3) is 0 Å². The second-order valence-electron chi connectivity index (χ2n) is 8.28. The predicted molar refractivity (Wildman–Crippen MR) is 88.7 cm³/mol. The van der Waals surface area contributed by atoms with E-state index >= 15 is 0 Å². The van der Waals surface area contributed by atoms with Gasteiger partial charge in [0.1, 0.15) is 0 Å². The first kappa shape index (κ1) is 15.5. The smallest absolute Gasteiger partial charge is 0.0963 e. The van der Waals surface area contributed by atoms with Crippen LogP contribution in [0.4, 0.5) is 0 Å². The normalized spacial score (nSPS) is 32.2. The summed E-state index contributed by atoms with van der Waals surface area (Å²) in [5, 5.41) is 11.7. The van der Waals surface area contributed by atoms with Crippen LogP contribution in [0, 0.1) is 17.3 Å². The SMILES string of the molecule is CC(C)C1CCC(c2nc3c(s2)C(O)CC(C)(C)C3)CC1. The molecule has 1 unspecified atom stereocenters. The van der Waals surface area contributed by atoms with E-state index in [-0.39, 0.29) is 11.5 Å². The summed E-state index contributed by atoms with van der Waals surface area (Å²) in [6, 6.07) is 0. The van der Waals surface area contributed by atoms with Gasteiger partial charge in [-0.05, 0) is 55.8 Å². The first-order valence-electron chi connectivity index (χ1n) is 8.53. The summed E-state index contributed by atoms with van der Waals surface area (Å²) < 4.78 is 0. The molecular formula is C18H29NOS. The minimum absolute atomic E-state index is 0.188. The van der Waals surface area contributed by atoms with Crippen molar-refractivity contribution in [2.75, 3.05) is 0 Å². The number of hydrogen-bond acceptors (Lipinski definition) is 3. The number of fused-ring (bicyclic) bond motifs is 1. The average Bonchev–Trinajstić information content (AvgIpc) is 2.81. The highest BCUT2D eigenvalue weighted by Crippen LogP contribution is 2.46. The molecule has 21 heavy (non-hydrogen) atoms. The number of aliphatic hydroxyl groups is 1. The van der Waals surface area contributed by atoms with Gasteiger partial charge in [-0.2, -0.15) is 0 Å². The van der Waals surface area contributed by atoms with Crippen LogP contribution >= 0.6 is 11.3 Å². The Morgan fingerprint density at radius 1 is 1.19 bits per heavy atom. The lowest BCUT2D eigenvalue weighted by Gasteiger charge is -2.31. The second kappa shape index (κ2) is 5.66. The fourth-order valence-corrected chi connectivity index (χ4v) is 5.36. The summed E-state index contributed by atoms with van der Waals surface area (Å²) in [4.78, 5) is 6.11. The molecule has 1 saturated carbocycles. The van der Waals surface area contributed by atoms with Gasteiger partial charge in [0, 0.05) is 5.92 Å². The monoisotopic (exact) mass is 307 g/mol. The maximum absolute atomic E-state index is 10.4. The summed E-state index contributed by atoms with van der Waals surface area (Å²) >= 11 is 1.80. The largest absolute Gasteiger partial charge is 0.387 e. The van der Waals surface area contributed by atoms with Crippen molar-refractivity contribution in [2.24, 2.45) is 17.3 Å². The summed E-state index contributed by atoms with van der Waals surface area (Å²) in [7, 11) is 0. The molecule has 1 N–H and O–H groups in total. The molecule has 2 nitrogen and oxygen atoms in total. The van der Waals surface area contributed by atoms with Gasteiger partial charge in [-0.25, -0.2) is 4.98 Å². The van der Waals surface area contributed by atoms with Crippen molar-refractivity contribution in [3.05, 3.63) is 15.6 Å². The van der Waals surface area contributed by atoms with Crippen LogP contribution in [0.2, 0.25) is 0 Å². The number of nitrogens with zero attached hydrogens (tertiary/aromatic N) is 1. The Kier molecular flexibility index (Phi) is 4.17. The molecule has 0 bridgehead atoms. The van der Waals surface area contributed by atoms with Crippen molar-refractivity contribution in [1.29, 1.82) is 0 Å². The van der Waals surface area contributed by atoms with E-state index in [4.69, 9.17) is 4.98 Å². The van der Waals surface area contributed by atoms with Crippen LogP contribution in [0.15, 0.2) is 0 Å². The Morgan fingerprint density at radius 2 is 1.86 bits per heavy atom. The molecule has 2 aliphatic carbocycles. The first-order valence-corrected chi connectivity index (χ1v) is 9.35. The number of aliphatic hydroxyl groups excluding tert-OH is 1. The molecule has 0 radical (unpaired) electrons. The molecule has 0 saturated heterocycles. The molecule has 1 fully saturated rings. The molecule has 0 amide bonds. The molecule has 0 aromatic carbocycles. The fraction of sp³-hybridized carbons (Fsp3) is 0.833. The van der Waals surface area contributed by atoms with Gasteiger partial charge in [-0.1, -0.05) is 27.7 Å². The summed E-state index contributed by atoms with van der Waals surface area (Å²) in [6.07, 6.45) is 6.88. The third-order valence-electron chi connectivity index (χ3n) is 5.50. The van der Waals surface area contributed by atoms with Gasteiger partial charge >= 0.3 is 0 Å². The molecular weight excluding hydrogens is 278 g/mol. The van der Waals surface area contributed by atoms with Gasteiger partial charge in [0.25, 0.3) is 0 Å². The molecule has 0 aliphatic heterocycles. The van der Waals surface area contributed by atoms with Gasteiger partial charge in [0.05, 0.1) is 21.7 Å². The highest BCUT2D eigenvalue weighted by atomic mass is 32.1. The Bertz CT molecular complexity index is 497. The molecule has 1 aromatic rings. The van der Waals surface area contributed by atoms with Crippen molar-refractivity contribution in [3.63, 3.8) is 0 Å². The number of hydrogen-bond donors (Lipinski definition) is 1. The van der Waals surface area contributed by atoms with Gasteiger partial charge in [0.15, 0.2) is 0 Å². The van der Waals surface area contributed by atoms with Crippen molar-refractivity contribution in [1.82, 2.24) is 4.98 Å². The lowest BCUT2D eigenvalue weighted by molar-refractivity contribution is 0.102. The topological polar surface area (TPSA) is 33.1 Å². The fourth-order valence-electron chi connectivity index (χ4n) is 4.12. The summed E-state index contributed by atoms with van der Waals surface area (Å²) in [5.74, 6) is 2.37. The standard InChI is InChI=1S/C18H29NOS/c1-11(2)12-5-7-13(8-6-12)17-19-14-9-18(3,4)10-15(20)16(14)21-17/h11-13,15,20H,5-10H2,1-4H3. The van der Waals surface area contributed by atoms with Crippen molar-refractivity contribution in [2.45, 2.75) is 78.2 Å². The quantitative estimate of drug-likeness (QED) is 0.826. The average molecular weight is 308 g/mol. The van der Waals surface area contributed by atoms with E-state index in [1.807, 2.05) is 0 Å². The van der Waals surface area contributed by atoms with Gasteiger partial charge in [-0.3, -0.25) is 0 Å². The Morgan fingerprint density at radius 3 is 2.48 bits per heavy atom. The number of aromatic nitrogens is 1. The molecule has 3 rings (SSSR count). The molecule has 1 aromatic heterocycles. The van der Waals surface area contributed by atoms with Gasteiger partial charge in [0.2, 0.25) is 0 Å². The van der Waals surface area contributed by atoms with Gasteiger partial charge in [-0.15, -0.1) is 11.3 Å². The van der Waals surface area contributed by atoms with E-state index in [1.165, 1.54) is 36.4 Å². The molecule has 2 aliphatic rings. The highest BCUT2D eigenvalue weighted by molar-refractivity contribution is 7.11. The van der Waals surface area contributed by atoms with Crippen molar-refractivity contribution < 1.29 is 5.11 Å². The minimum Gasteiger partial charge on any atom is -0.387 e. The van der Waals surface area contributed by atoms with Crippen LogP contribution in [-0.2, 0) is 6.42 Å². The minimum atomic E-state index is -0.290. The number of rotatable bonds is 2. The van der Waals surface area contributed by atoms with Crippen molar-refractivity contribution in [3.8, 4) is 0 Å². The Labute approximate surface area is 133 Å². The highest BCUT2D eigenvalue weighted by Gasteiger charge is 2.35.